The number of imidazole rings is 1. The number of ether oxygens (including phenoxy) is 1. The number of alkyl halides is 3. The van der Waals surface area contributed by atoms with E-state index >= 15 is 0 Å². The van der Waals surface area contributed by atoms with E-state index in [1.54, 1.807) is 18.2 Å². The topological polar surface area (TPSA) is 124 Å². The van der Waals surface area contributed by atoms with E-state index in [4.69, 9.17) is 32.5 Å². The fourth-order valence-corrected chi connectivity index (χ4v) is 3.51. The summed E-state index contributed by atoms with van der Waals surface area (Å²) in [6.45, 7) is -0.630. The predicted molar refractivity (Wildman–Crippen MR) is 125 cm³/mol. The van der Waals surface area contributed by atoms with Crippen LogP contribution in [-0.4, -0.2) is 51.2 Å². The van der Waals surface area contributed by atoms with Crippen molar-refractivity contribution < 1.29 is 32.0 Å². The Morgan fingerprint density at radius 1 is 1.03 bits per heavy atom. The number of nitrogens with zero attached hydrogens (tertiary/aromatic N) is 4. The summed E-state index contributed by atoms with van der Waals surface area (Å²) in [5, 5.41) is 9.22. The summed E-state index contributed by atoms with van der Waals surface area (Å²) in [5.41, 5.74) is 0.380. The van der Waals surface area contributed by atoms with E-state index in [0.29, 0.717) is 10.8 Å². The Balaban J connectivity index is 1.27. The molecule has 0 radical (unpaired) electrons. The van der Waals surface area contributed by atoms with Crippen molar-refractivity contribution in [3.05, 3.63) is 70.0 Å². The van der Waals surface area contributed by atoms with Crippen LogP contribution < -0.4 is 15.4 Å². The second-order valence-electron chi connectivity index (χ2n) is 7.49. The van der Waals surface area contributed by atoms with Crippen molar-refractivity contribution in [2.24, 2.45) is 0 Å². The highest BCUT2D eigenvalue weighted by molar-refractivity contribution is 6.42. The van der Waals surface area contributed by atoms with E-state index in [-0.39, 0.29) is 41.6 Å². The minimum absolute atomic E-state index is 0.0133. The van der Waals surface area contributed by atoms with Gasteiger partial charge >= 0.3 is 18.0 Å². The Hall–Kier alpha value is -3.84. The fraction of sp³-hybridized carbons (Fsp3) is 0.227. The smallest absolute Gasteiger partial charge is 0.449 e. The predicted octanol–water partition coefficient (Wildman–Crippen LogP) is 3.72. The van der Waals surface area contributed by atoms with Crippen LogP contribution >= 0.6 is 23.2 Å². The van der Waals surface area contributed by atoms with Gasteiger partial charge in [-0.05, 0) is 24.3 Å². The average Bonchev–Trinajstić information content (AvgIpc) is 3.48. The first-order valence-corrected chi connectivity index (χ1v) is 11.3. The van der Waals surface area contributed by atoms with Crippen LogP contribution in [0, 0.1) is 0 Å². The molecule has 2 aromatic carbocycles. The number of rotatable bonds is 9. The van der Waals surface area contributed by atoms with Crippen molar-refractivity contribution in [3.8, 4) is 5.75 Å². The molecule has 37 heavy (non-hydrogen) atoms. The molecule has 2 N–H and O–H groups in total. The Labute approximate surface area is 216 Å². The standard InChI is InChI=1S/C22H17Cl2F3N6O4/c23-13-6-5-12(9-14(13)24)36-11-18(34)28-7-8-29-19(35)20-31-17(32-37-20)10-33-16-4-2-1-3-15(16)30-21(33)22(25,26)27/h1-6,9H,7-8,10-11H2,(H,28,34)(H,29,35). The molecule has 0 bridgehead atoms. The monoisotopic (exact) mass is 556 g/mol. The van der Waals surface area contributed by atoms with E-state index in [9.17, 15) is 22.8 Å². The zero-order valence-corrected chi connectivity index (χ0v) is 20.2. The van der Waals surface area contributed by atoms with Crippen molar-refractivity contribution in [2.45, 2.75) is 12.7 Å². The summed E-state index contributed by atoms with van der Waals surface area (Å²) in [4.78, 5) is 31.7. The van der Waals surface area contributed by atoms with Gasteiger partial charge in [0.1, 0.15) is 5.75 Å². The lowest BCUT2D eigenvalue weighted by Gasteiger charge is -2.09. The Bertz CT molecular complexity index is 1440. The number of carbonyl (C=O) groups excluding carboxylic acids is 2. The molecule has 0 fully saturated rings. The number of hydrogen-bond acceptors (Lipinski definition) is 7. The first-order chi connectivity index (χ1) is 17.6. The number of halogens is 5. The molecule has 4 rings (SSSR count). The molecule has 0 aliphatic heterocycles. The van der Waals surface area contributed by atoms with Gasteiger partial charge in [0.15, 0.2) is 12.4 Å². The van der Waals surface area contributed by atoms with Crippen molar-refractivity contribution in [1.29, 1.82) is 0 Å². The second-order valence-corrected chi connectivity index (χ2v) is 8.31. The lowest BCUT2D eigenvalue weighted by atomic mass is 10.3. The van der Waals surface area contributed by atoms with Crippen LogP contribution in [0.15, 0.2) is 47.0 Å². The van der Waals surface area contributed by atoms with Gasteiger partial charge in [0, 0.05) is 19.2 Å². The van der Waals surface area contributed by atoms with Crippen LogP contribution in [0.3, 0.4) is 0 Å². The van der Waals surface area contributed by atoms with Gasteiger partial charge in [-0.3, -0.25) is 9.59 Å². The average molecular weight is 557 g/mol. The number of nitrogens with one attached hydrogen (secondary N) is 2. The highest BCUT2D eigenvalue weighted by atomic mass is 35.5. The SMILES string of the molecule is O=C(COc1ccc(Cl)c(Cl)c1)NCCNC(=O)c1nc(Cn2c(C(F)(F)F)nc3ccccc32)no1. The van der Waals surface area contributed by atoms with Crippen LogP contribution in [0.1, 0.15) is 22.3 Å². The molecule has 194 valence electrons. The number of benzene rings is 2. The van der Waals surface area contributed by atoms with Gasteiger partial charge in [-0.25, -0.2) is 4.98 Å². The third-order valence-electron chi connectivity index (χ3n) is 4.86. The molecule has 0 atom stereocenters. The maximum absolute atomic E-state index is 13.5. The maximum Gasteiger partial charge on any atom is 0.449 e. The van der Waals surface area contributed by atoms with E-state index in [0.717, 1.165) is 4.57 Å². The zero-order chi connectivity index (χ0) is 26.6. The van der Waals surface area contributed by atoms with Gasteiger partial charge in [-0.2, -0.15) is 18.2 Å². The molecule has 0 saturated carbocycles. The molecular weight excluding hydrogens is 540 g/mol. The molecule has 0 aliphatic carbocycles. The lowest BCUT2D eigenvalue weighted by Crippen LogP contribution is -2.36. The van der Waals surface area contributed by atoms with Gasteiger partial charge in [-0.15, -0.1) is 0 Å². The van der Waals surface area contributed by atoms with Crippen molar-refractivity contribution in [1.82, 2.24) is 30.3 Å². The number of para-hydroxylation sites is 2. The fourth-order valence-electron chi connectivity index (χ4n) is 3.22. The Kier molecular flexibility index (Phi) is 7.83. The summed E-state index contributed by atoms with van der Waals surface area (Å²) in [7, 11) is 0. The summed E-state index contributed by atoms with van der Waals surface area (Å²) >= 11 is 11.7. The van der Waals surface area contributed by atoms with E-state index in [2.05, 4.69) is 25.8 Å². The number of carbonyl (C=O) groups is 2. The molecule has 2 amide bonds. The van der Waals surface area contributed by atoms with Crippen LogP contribution in [-0.2, 0) is 17.5 Å². The van der Waals surface area contributed by atoms with E-state index in [1.165, 1.54) is 24.3 Å². The van der Waals surface area contributed by atoms with Gasteiger partial charge in [0.05, 0.1) is 27.6 Å². The van der Waals surface area contributed by atoms with E-state index in [1.807, 2.05) is 0 Å². The minimum Gasteiger partial charge on any atom is -0.484 e. The second kappa shape index (κ2) is 11.0. The normalized spacial score (nSPS) is 11.5. The third-order valence-corrected chi connectivity index (χ3v) is 5.60. The van der Waals surface area contributed by atoms with Crippen LogP contribution in [0.5, 0.6) is 5.75 Å². The largest absolute Gasteiger partial charge is 0.484 e. The summed E-state index contributed by atoms with van der Waals surface area (Å²) in [6.07, 6.45) is -4.71. The zero-order valence-electron chi connectivity index (χ0n) is 18.7. The van der Waals surface area contributed by atoms with Crippen LogP contribution in [0.2, 0.25) is 10.0 Å². The molecule has 0 saturated heterocycles. The molecule has 0 aliphatic rings. The van der Waals surface area contributed by atoms with Crippen molar-refractivity contribution >= 4 is 46.0 Å². The van der Waals surface area contributed by atoms with Crippen LogP contribution in [0.4, 0.5) is 13.2 Å². The van der Waals surface area contributed by atoms with Crippen molar-refractivity contribution in [2.75, 3.05) is 19.7 Å². The molecular formula is C22H17Cl2F3N6O4. The van der Waals surface area contributed by atoms with E-state index < -0.39 is 36.3 Å². The molecule has 0 spiro atoms. The van der Waals surface area contributed by atoms with Gasteiger partial charge in [0.25, 0.3) is 5.91 Å². The van der Waals surface area contributed by atoms with Crippen LogP contribution in [0.25, 0.3) is 11.0 Å². The number of amides is 2. The number of hydrogen-bond donors (Lipinski definition) is 2. The molecule has 10 nitrogen and oxygen atoms in total. The molecule has 4 aromatic rings. The first-order valence-electron chi connectivity index (χ1n) is 10.6. The van der Waals surface area contributed by atoms with Gasteiger partial charge in [-0.1, -0.05) is 40.5 Å². The molecule has 0 unspecified atom stereocenters. The molecule has 2 heterocycles. The highest BCUT2D eigenvalue weighted by Gasteiger charge is 2.38. The third kappa shape index (κ3) is 6.49. The van der Waals surface area contributed by atoms with Crippen molar-refractivity contribution in [3.63, 3.8) is 0 Å². The maximum atomic E-state index is 13.5. The molecule has 2 aromatic heterocycles. The summed E-state index contributed by atoms with van der Waals surface area (Å²) < 4.78 is 51.5. The minimum atomic E-state index is -4.71. The Morgan fingerprint density at radius 2 is 1.78 bits per heavy atom. The number of fused-ring (bicyclic) bond motifs is 1. The van der Waals surface area contributed by atoms with Gasteiger partial charge < -0.3 is 24.5 Å². The highest BCUT2D eigenvalue weighted by Crippen LogP contribution is 2.32. The first kappa shape index (κ1) is 26.2. The number of aromatic nitrogens is 4. The summed E-state index contributed by atoms with van der Waals surface area (Å²) in [6, 6.07) is 10.6. The Morgan fingerprint density at radius 3 is 2.54 bits per heavy atom. The lowest BCUT2D eigenvalue weighted by molar-refractivity contribution is -0.146. The quantitative estimate of drug-likeness (QED) is 0.301. The molecule has 15 heteroatoms. The summed E-state index contributed by atoms with van der Waals surface area (Å²) in [5.74, 6) is -2.56. The van der Waals surface area contributed by atoms with Gasteiger partial charge in [0.2, 0.25) is 5.82 Å².